The summed E-state index contributed by atoms with van der Waals surface area (Å²) in [4.78, 5) is 40.9. The lowest BCUT2D eigenvalue weighted by molar-refractivity contribution is 0.102. The van der Waals surface area contributed by atoms with E-state index in [4.69, 9.17) is 16.3 Å². The lowest BCUT2D eigenvalue weighted by atomic mass is 10.2. The Morgan fingerprint density at radius 1 is 1.19 bits per heavy atom. The molecule has 0 unspecified atom stereocenters. The molecule has 0 saturated carbocycles. The van der Waals surface area contributed by atoms with Crippen molar-refractivity contribution in [2.45, 2.75) is 0 Å². The van der Waals surface area contributed by atoms with Gasteiger partial charge in [-0.2, -0.15) is 0 Å². The van der Waals surface area contributed by atoms with Crippen LogP contribution in [-0.4, -0.2) is 27.1 Å². The molecule has 3 rings (SSSR count). The molecule has 0 saturated heterocycles. The van der Waals surface area contributed by atoms with Crippen LogP contribution in [0.2, 0.25) is 5.02 Å². The Kier molecular flexibility index (Phi) is 4.52. The summed E-state index contributed by atoms with van der Waals surface area (Å²) in [6.45, 7) is 0. The van der Waals surface area contributed by atoms with Crippen molar-refractivity contribution in [1.82, 2.24) is 14.1 Å². The molecular weight excluding hydrogens is 360 g/mol. The Labute approximate surface area is 152 Å². The van der Waals surface area contributed by atoms with E-state index in [1.165, 1.54) is 44.1 Å². The first-order valence-electron chi connectivity index (χ1n) is 7.54. The molecule has 0 radical (unpaired) electrons. The minimum absolute atomic E-state index is 0.213. The Balaban J connectivity index is 2.05. The average Bonchev–Trinajstić information content (AvgIpc) is 2.64. The van der Waals surface area contributed by atoms with Crippen LogP contribution in [0.15, 0.2) is 40.1 Å². The highest BCUT2D eigenvalue weighted by molar-refractivity contribution is 6.31. The van der Waals surface area contributed by atoms with E-state index in [1.807, 2.05) is 0 Å². The number of hydrogen-bond acceptors (Lipinski definition) is 5. The fraction of sp³-hybridized carbons (Fsp3) is 0.176. The zero-order chi connectivity index (χ0) is 19.0. The molecule has 0 atom stereocenters. The molecule has 0 bridgehead atoms. The monoisotopic (exact) mass is 374 g/mol. The molecule has 3 aromatic rings. The predicted molar refractivity (Wildman–Crippen MR) is 98.2 cm³/mol. The second kappa shape index (κ2) is 6.64. The molecule has 1 amide bonds. The van der Waals surface area contributed by atoms with Crippen LogP contribution in [0.1, 0.15) is 10.4 Å². The van der Waals surface area contributed by atoms with Gasteiger partial charge in [-0.15, -0.1) is 0 Å². The van der Waals surface area contributed by atoms with Gasteiger partial charge in [0.25, 0.3) is 11.5 Å². The second-order valence-corrected chi connectivity index (χ2v) is 6.04. The average molecular weight is 375 g/mol. The molecule has 0 aliphatic heterocycles. The minimum atomic E-state index is -0.493. The van der Waals surface area contributed by atoms with E-state index in [0.717, 1.165) is 4.57 Å². The number of nitrogens with zero attached hydrogens (tertiary/aromatic N) is 3. The van der Waals surface area contributed by atoms with Crippen LogP contribution in [0.25, 0.3) is 11.0 Å². The highest BCUT2D eigenvalue weighted by atomic mass is 35.5. The molecule has 0 spiro atoms. The molecule has 9 heteroatoms. The van der Waals surface area contributed by atoms with Crippen LogP contribution in [0.3, 0.4) is 0 Å². The highest BCUT2D eigenvalue weighted by Crippen LogP contribution is 2.24. The van der Waals surface area contributed by atoms with E-state index in [0.29, 0.717) is 16.5 Å². The number of nitrogens with one attached hydrogen (secondary N) is 1. The SMILES string of the molecule is COc1ccc(Cl)cc1C(=O)Nc1cnc2c(c1)c(=O)n(C)c(=O)n2C. The first-order chi connectivity index (χ1) is 12.3. The number of rotatable bonds is 3. The first-order valence-corrected chi connectivity index (χ1v) is 7.92. The van der Waals surface area contributed by atoms with Crippen molar-refractivity contribution in [1.29, 1.82) is 0 Å². The number of ether oxygens (including phenoxy) is 1. The number of halogens is 1. The van der Waals surface area contributed by atoms with Crippen molar-refractivity contribution in [3.8, 4) is 5.75 Å². The standard InChI is InChI=1S/C17H15ClN4O4/c1-21-14-12(16(24)22(2)17(21)25)7-10(8-19-14)20-15(23)11-6-9(18)4-5-13(11)26-3/h4-8H,1-3H3,(H,20,23). The fourth-order valence-corrected chi connectivity index (χ4v) is 2.76. The van der Waals surface area contributed by atoms with Gasteiger partial charge < -0.3 is 10.1 Å². The van der Waals surface area contributed by atoms with Crippen LogP contribution in [0.5, 0.6) is 5.75 Å². The van der Waals surface area contributed by atoms with Crippen molar-refractivity contribution >= 4 is 34.2 Å². The van der Waals surface area contributed by atoms with Gasteiger partial charge in [0.2, 0.25) is 0 Å². The van der Waals surface area contributed by atoms with Crippen molar-refractivity contribution in [3.05, 3.63) is 61.9 Å². The van der Waals surface area contributed by atoms with Gasteiger partial charge in [0.05, 0.1) is 29.9 Å². The Morgan fingerprint density at radius 3 is 2.62 bits per heavy atom. The molecule has 2 aromatic heterocycles. The topological polar surface area (TPSA) is 95.2 Å². The number of pyridine rings is 1. The van der Waals surface area contributed by atoms with Crippen LogP contribution in [-0.2, 0) is 14.1 Å². The van der Waals surface area contributed by atoms with E-state index in [2.05, 4.69) is 10.3 Å². The van der Waals surface area contributed by atoms with E-state index in [-0.39, 0.29) is 16.6 Å². The summed E-state index contributed by atoms with van der Waals surface area (Å²) >= 11 is 5.95. The van der Waals surface area contributed by atoms with Crippen molar-refractivity contribution in [3.63, 3.8) is 0 Å². The van der Waals surface area contributed by atoms with Gasteiger partial charge in [0, 0.05) is 19.1 Å². The van der Waals surface area contributed by atoms with Crippen molar-refractivity contribution < 1.29 is 9.53 Å². The van der Waals surface area contributed by atoms with E-state index >= 15 is 0 Å². The van der Waals surface area contributed by atoms with Crippen molar-refractivity contribution in [2.75, 3.05) is 12.4 Å². The van der Waals surface area contributed by atoms with Gasteiger partial charge in [0.1, 0.15) is 11.4 Å². The van der Waals surface area contributed by atoms with Gasteiger partial charge in [-0.3, -0.25) is 18.7 Å². The lowest BCUT2D eigenvalue weighted by Crippen LogP contribution is -2.37. The molecule has 0 aliphatic rings. The van der Waals surface area contributed by atoms with Crippen LogP contribution < -0.4 is 21.3 Å². The first kappa shape index (κ1) is 17.7. The second-order valence-electron chi connectivity index (χ2n) is 5.60. The molecule has 0 aliphatic carbocycles. The number of aromatic nitrogens is 3. The van der Waals surface area contributed by atoms with Crippen LogP contribution >= 0.6 is 11.6 Å². The molecule has 26 heavy (non-hydrogen) atoms. The third-order valence-corrected chi connectivity index (χ3v) is 4.19. The van der Waals surface area contributed by atoms with E-state index < -0.39 is 17.2 Å². The predicted octanol–water partition coefficient (Wildman–Crippen LogP) is 1.55. The van der Waals surface area contributed by atoms with Crippen LogP contribution in [0.4, 0.5) is 5.69 Å². The number of benzene rings is 1. The van der Waals surface area contributed by atoms with E-state index in [9.17, 15) is 14.4 Å². The zero-order valence-corrected chi connectivity index (χ0v) is 15.0. The Morgan fingerprint density at radius 2 is 1.92 bits per heavy atom. The highest BCUT2D eigenvalue weighted by Gasteiger charge is 2.15. The summed E-state index contributed by atoms with van der Waals surface area (Å²) in [7, 11) is 4.35. The maximum absolute atomic E-state index is 12.5. The molecule has 0 fully saturated rings. The van der Waals surface area contributed by atoms with Gasteiger partial charge in [-0.05, 0) is 24.3 Å². The molecule has 8 nitrogen and oxygen atoms in total. The fourth-order valence-electron chi connectivity index (χ4n) is 2.59. The number of carbonyl (C=O) groups excluding carboxylic acids is 1. The minimum Gasteiger partial charge on any atom is -0.496 e. The van der Waals surface area contributed by atoms with Crippen LogP contribution in [0, 0.1) is 0 Å². The molecule has 2 heterocycles. The number of aryl methyl sites for hydroxylation is 1. The number of amides is 1. The summed E-state index contributed by atoms with van der Waals surface area (Å²) in [6.07, 6.45) is 1.37. The maximum atomic E-state index is 12.5. The number of hydrogen-bond donors (Lipinski definition) is 1. The summed E-state index contributed by atoms with van der Waals surface area (Å²) in [5, 5.41) is 3.26. The third-order valence-electron chi connectivity index (χ3n) is 3.96. The molecule has 1 N–H and O–H groups in total. The summed E-state index contributed by atoms with van der Waals surface area (Å²) < 4.78 is 7.41. The zero-order valence-electron chi connectivity index (χ0n) is 14.2. The number of anilines is 1. The number of methoxy groups -OCH3 is 1. The lowest BCUT2D eigenvalue weighted by Gasteiger charge is -2.11. The molecular formula is C17H15ClN4O4. The van der Waals surface area contributed by atoms with Crippen molar-refractivity contribution in [2.24, 2.45) is 14.1 Å². The quantitative estimate of drug-likeness (QED) is 0.750. The van der Waals surface area contributed by atoms with Gasteiger partial charge in [-0.1, -0.05) is 11.6 Å². The number of fused-ring (bicyclic) bond motifs is 1. The smallest absolute Gasteiger partial charge is 0.332 e. The third kappa shape index (κ3) is 2.95. The Hall–Kier alpha value is -3.13. The largest absolute Gasteiger partial charge is 0.496 e. The summed E-state index contributed by atoms with van der Waals surface area (Å²) in [5.74, 6) is -0.105. The summed E-state index contributed by atoms with van der Waals surface area (Å²) in [6, 6.07) is 6.15. The van der Waals surface area contributed by atoms with Gasteiger partial charge in [0.15, 0.2) is 0 Å². The normalized spacial score (nSPS) is 10.8. The maximum Gasteiger partial charge on any atom is 0.332 e. The Bertz CT molecular complexity index is 1150. The van der Waals surface area contributed by atoms with E-state index in [1.54, 1.807) is 12.1 Å². The summed E-state index contributed by atoms with van der Waals surface area (Å²) in [5.41, 5.74) is -0.187. The molecule has 1 aromatic carbocycles. The number of carbonyl (C=O) groups is 1. The molecule has 134 valence electrons. The van der Waals surface area contributed by atoms with Gasteiger partial charge >= 0.3 is 5.69 Å². The van der Waals surface area contributed by atoms with Gasteiger partial charge in [-0.25, -0.2) is 9.78 Å².